The summed E-state index contributed by atoms with van der Waals surface area (Å²) < 4.78 is 0. The first-order chi connectivity index (χ1) is 29.5. The fourth-order valence-corrected chi connectivity index (χ4v) is 7.67. The van der Waals surface area contributed by atoms with Gasteiger partial charge in [0.25, 0.3) is 0 Å². The summed E-state index contributed by atoms with van der Waals surface area (Å²) in [6.07, 6.45) is 0. The Morgan fingerprint density at radius 1 is 0.400 bits per heavy atom. The third kappa shape index (κ3) is 6.88. The van der Waals surface area contributed by atoms with Crippen molar-refractivity contribution >= 4 is 45.0 Å². The van der Waals surface area contributed by atoms with E-state index in [0.29, 0.717) is 22.7 Å². The maximum atomic E-state index is 9.31. The van der Waals surface area contributed by atoms with Gasteiger partial charge >= 0.3 is 0 Å². The summed E-state index contributed by atoms with van der Waals surface area (Å²) in [4.78, 5) is 23.8. The molecule has 284 valence electrons. The molecule has 16 nitrogen and oxygen atoms in total. The van der Waals surface area contributed by atoms with E-state index >= 15 is 0 Å². The van der Waals surface area contributed by atoms with Crippen molar-refractivity contribution in [2.45, 2.75) is 0 Å². The lowest BCUT2D eigenvalue weighted by atomic mass is 10.0. The molecule has 0 amide bonds. The largest absolute Gasteiger partial charge is 0.354 e. The highest BCUT2D eigenvalue weighted by molar-refractivity contribution is 5.86. The number of nitrogens with one attached hydrogen (secondary N) is 4. The minimum absolute atomic E-state index is 0.451. The number of aromatic amines is 4. The summed E-state index contributed by atoms with van der Waals surface area (Å²) in [5.74, 6) is 0. The van der Waals surface area contributed by atoms with E-state index in [9.17, 15) is 22.0 Å². The van der Waals surface area contributed by atoms with Gasteiger partial charge in [0, 0.05) is 104 Å². The molecule has 1 aliphatic heterocycles. The highest BCUT2D eigenvalue weighted by atomic mass is 15.3. The number of rotatable bonds is 8. The molecule has 8 bridgehead atoms. The smallest absolute Gasteiger partial charge is 0.0875 e. The minimum atomic E-state index is 0.451. The quantitative estimate of drug-likeness (QED) is 0.0379. The van der Waals surface area contributed by atoms with Crippen LogP contribution < -0.4 is 21.4 Å². The lowest BCUT2D eigenvalue weighted by Gasteiger charge is -2.11. The first-order valence-electron chi connectivity index (χ1n) is 18.4. The monoisotopic (exact) mass is 780 g/mol. The van der Waals surface area contributed by atoms with Gasteiger partial charge in [-0.15, -0.1) is 5.39 Å². The average Bonchev–Trinajstić information content (AvgIpc) is 4.10. The van der Waals surface area contributed by atoms with Crippen LogP contribution in [-0.2, 0) is 0 Å². The molecular weight excluding hydrogens is 753 g/mol. The van der Waals surface area contributed by atoms with Gasteiger partial charge in [-0.1, -0.05) is 88.1 Å². The number of H-pyrrole nitrogens is 4. The molecule has 16 heteroatoms. The Bertz CT molecular complexity index is 3460. The van der Waals surface area contributed by atoms with Crippen molar-refractivity contribution < 1.29 is 0 Å². The van der Waals surface area contributed by atoms with Crippen LogP contribution in [0.15, 0.2) is 161 Å². The van der Waals surface area contributed by atoms with Crippen LogP contribution in [0.3, 0.4) is 0 Å². The molecule has 60 heavy (non-hydrogen) atoms. The van der Waals surface area contributed by atoms with Crippen LogP contribution in [0, 0.1) is 5.39 Å². The van der Waals surface area contributed by atoms with Gasteiger partial charge in [0.2, 0.25) is 0 Å². The van der Waals surface area contributed by atoms with E-state index in [-0.39, 0.29) is 0 Å². The normalized spacial score (nSPS) is 11.8. The second kappa shape index (κ2) is 15.6. The molecule has 4 aromatic carbocycles. The Labute approximate surface area is 338 Å². The zero-order valence-electron chi connectivity index (χ0n) is 31.2. The van der Waals surface area contributed by atoms with Gasteiger partial charge in [-0.25, -0.2) is 0 Å². The molecule has 9 rings (SSSR count). The molecule has 0 saturated carbocycles. The molecule has 8 aromatic rings. The Morgan fingerprint density at radius 2 is 0.733 bits per heavy atom. The predicted molar refractivity (Wildman–Crippen MR) is 228 cm³/mol. The van der Waals surface area contributed by atoms with E-state index in [1.807, 2.05) is 121 Å². The van der Waals surface area contributed by atoms with Gasteiger partial charge in [0.1, 0.15) is 0 Å². The van der Waals surface area contributed by atoms with Crippen LogP contribution in [0.25, 0.3) is 64.1 Å². The van der Waals surface area contributed by atoms with Crippen molar-refractivity contribution in [2.24, 2.45) is 15.3 Å². The standard InChI is InChI=1S/C44H28N16/c45-57-53-29-9-1-5-25(21-29)41-33-13-15-35(49-33)42(26-6-2-10-30(22-26)54-58-46)37-17-19-39(51-37)44(28-8-4-12-32(24-28)56-60-48)40-20-18-38(52-40)43(36-16-14-34(41)50-36)27-7-3-11-31(23-27)55-59-47/h1-24,49-52H. The van der Waals surface area contributed by atoms with Crippen molar-refractivity contribution in [3.8, 4) is 0 Å². The number of hydrogen-bond donors (Lipinski definition) is 4. The molecule has 5 heterocycles. The van der Waals surface area contributed by atoms with Gasteiger partial charge in [0.15, 0.2) is 0 Å². The zero-order valence-corrected chi connectivity index (χ0v) is 31.2. The zero-order chi connectivity index (χ0) is 41.0. The molecule has 1 aliphatic rings. The second-order valence-corrected chi connectivity index (χ2v) is 13.6. The molecule has 0 saturated heterocycles. The van der Waals surface area contributed by atoms with E-state index in [1.54, 1.807) is 24.3 Å². The Balaban J connectivity index is 1.44. The third-order valence-corrected chi connectivity index (χ3v) is 10.1. The lowest BCUT2D eigenvalue weighted by molar-refractivity contribution is 1.19. The molecule has 0 radical (unpaired) electrons. The molecule has 0 unspecified atom stereocenters. The lowest BCUT2D eigenvalue weighted by Crippen LogP contribution is -2.19. The molecule has 0 fully saturated rings. The first kappa shape index (κ1) is 36.3. The van der Waals surface area contributed by atoms with Crippen LogP contribution in [0.2, 0.25) is 0 Å². The van der Waals surface area contributed by atoms with Crippen LogP contribution in [0.4, 0.5) is 22.7 Å². The number of azide groups is 4. The number of nitrogens with zero attached hydrogens (tertiary/aromatic N) is 12. The summed E-state index contributed by atoms with van der Waals surface area (Å²) in [6.45, 7) is 0. The van der Waals surface area contributed by atoms with E-state index < -0.39 is 0 Å². The number of aromatic nitrogens is 4. The SMILES string of the molecule is N#[N+][N-]c1cccc(C2=c3ccc([nH]3)=C(c3cccc(N=[N+]=[N-])c3)c3ccc([nH]3)C(c3cccc(N=[N+]=[N-])c3)=c3ccc([nH]3)=C(c3cccc(N=[N+]=[N-])c3)c3ccc2[nH]3)c1. The number of diazo groups is 1. The number of benzene rings is 4. The molecule has 0 aliphatic carbocycles. The summed E-state index contributed by atoms with van der Waals surface area (Å²) >= 11 is 0. The van der Waals surface area contributed by atoms with Crippen LogP contribution in [-0.4, -0.2) is 19.9 Å². The highest BCUT2D eigenvalue weighted by Gasteiger charge is 2.19. The van der Waals surface area contributed by atoms with Crippen molar-refractivity contribution in [3.05, 3.63) is 254 Å². The topological polar surface area (TPSA) is 252 Å². The van der Waals surface area contributed by atoms with E-state index in [4.69, 9.17) is 0 Å². The molecule has 0 spiro atoms. The Morgan fingerprint density at radius 3 is 1.07 bits per heavy atom. The summed E-state index contributed by atoms with van der Waals surface area (Å²) in [5.41, 5.74) is 43.0. The molecule has 4 aromatic heterocycles. The summed E-state index contributed by atoms with van der Waals surface area (Å²) in [6, 6.07) is 45.4. The van der Waals surface area contributed by atoms with Gasteiger partial charge in [-0.2, -0.15) is 0 Å². The van der Waals surface area contributed by atoms with Gasteiger partial charge in [0.05, 0.1) is 5.08 Å². The maximum Gasteiger partial charge on any atom is 0.0875 e. The first-order valence-corrected chi connectivity index (χ1v) is 18.4. The number of fused-ring (bicyclic) bond motifs is 8. The van der Waals surface area contributed by atoms with Gasteiger partial charge in [-0.05, 0) is 117 Å². The fraction of sp³-hybridized carbons (Fsp3) is 0. The fourth-order valence-electron chi connectivity index (χ4n) is 7.67. The van der Waals surface area contributed by atoms with Gasteiger partial charge < -0.3 is 19.9 Å². The summed E-state index contributed by atoms with van der Waals surface area (Å²) in [7, 11) is 0. The van der Waals surface area contributed by atoms with E-state index in [0.717, 1.165) is 88.7 Å². The Kier molecular flexibility index (Phi) is 9.46. The van der Waals surface area contributed by atoms with Crippen molar-refractivity contribution in [2.75, 3.05) is 0 Å². The van der Waals surface area contributed by atoms with E-state index in [2.05, 4.69) is 60.5 Å². The number of hydrogen-bond acceptors (Lipinski definition) is 4. The van der Waals surface area contributed by atoms with Crippen molar-refractivity contribution in [1.29, 1.82) is 5.39 Å². The minimum Gasteiger partial charge on any atom is -0.354 e. The predicted octanol–water partition coefficient (Wildman–Crippen LogP) is 9.90. The average molecular weight is 781 g/mol. The van der Waals surface area contributed by atoms with E-state index in [1.165, 1.54) is 0 Å². The molecule has 0 atom stereocenters. The second-order valence-electron chi connectivity index (χ2n) is 13.6. The van der Waals surface area contributed by atoms with Crippen LogP contribution in [0.5, 0.6) is 0 Å². The van der Waals surface area contributed by atoms with Crippen LogP contribution in [0.1, 0.15) is 45.0 Å². The molecular formula is C44H28N16. The maximum absolute atomic E-state index is 9.31. The third-order valence-electron chi connectivity index (χ3n) is 10.1. The van der Waals surface area contributed by atoms with Gasteiger partial charge in [-0.3, -0.25) is 0 Å². The Hall–Kier alpha value is -9.37. The van der Waals surface area contributed by atoms with Crippen molar-refractivity contribution in [3.63, 3.8) is 0 Å². The molecule has 4 N–H and O–H groups in total. The highest BCUT2D eigenvalue weighted by Crippen LogP contribution is 2.32. The van der Waals surface area contributed by atoms with Crippen molar-refractivity contribution in [1.82, 2.24) is 19.9 Å². The van der Waals surface area contributed by atoms with Crippen LogP contribution >= 0.6 is 0 Å². The summed E-state index contributed by atoms with van der Waals surface area (Å²) in [5, 5.41) is 27.0.